The summed E-state index contributed by atoms with van der Waals surface area (Å²) in [5.74, 6) is 5.19. The number of aryl methyl sites for hydroxylation is 1. The Bertz CT molecular complexity index is 595. The number of aromatic nitrogens is 1. The van der Waals surface area contributed by atoms with Crippen LogP contribution in [0.1, 0.15) is 21.6 Å². The Balaban J connectivity index is 2.09. The first-order valence-electron chi connectivity index (χ1n) is 6.34. The molecule has 0 fully saturated rings. The fraction of sp³-hybridized carbons (Fsp3) is 0.200. The van der Waals surface area contributed by atoms with E-state index in [9.17, 15) is 4.79 Å². The molecule has 2 aromatic rings. The van der Waals surface area contributed by atoms with Crippen LogP contribution in [0.15, 0.2) is 42.6 Å². The maximum absolute atomic E-state index is 12.3. The van der Waals surface area contributed by atoms with E-state index >= 15 is 0 Å². The summed E-state index contributed by atoms with van der Waals surface area (Å²) in [7, 11) is 1.76. The molecule has 1 heterocycles. The number of carbonyl (C=O) groups is 1. The highest BCUT2D eigenvalue weighted by atomic mass is 16.2. The van der Waals surface area contributed by atoms with Crippen molar-refractivity contribution < 1.29 is 4.79 Å². The van der Waals surface area contributed by atoms with Gasteiger partial charge in [-0.15, -0.1) is 0 Å². The van der Waals surface area contributed by atoms with Gasteiger partial charge in [0.25, 0.3) is 5.91 Å². The molecule has 104 valence electrons. The van der Waals surface area contributed by atoms with Gasteiger partial charge in [0, 0.05) is 19.8 Å². The maximum Gasteiger partial charge on any atom is 0.272 e. The van der Waals surface area contributed by atoms with Crippen LogP contribution < -0.4 is 11.3 Å². The Morgan fingerprint density at radius 1 is 1.30 bits per heavy atom. The molecule has 0 atom stereocenters. The molecule has 0 unspecified atom stereocenters. The van der Waals surface area contributed by atoms with Crippen molar-refractivity contribution in [2.24, 2.45) is 5.84 Å². The number of benzene rings is 1. The lowest BCUT2D eigenvalue weighted by Gasteiger charge is -2.17. The highest BCUT2D eigenvalue weighted by molar-refractivity contribution is 5.92. The second-order valence-electron chi connectivity index (χ2n) is 4.72. The lowest BCUT2D eigenvalue weighted by atomic mass is 10.1. The average molecular weight is 270 g/mol. The minimum Gasteiger partial charge on any atom is -0.336 e. The van der Waals surface area contributed by atoms with Crippen LogP contribution in [-0.2, 0) is 6.54 Å². The number of nitrogen functional groups attached to an aromatic ring is 1. The predicted octanol–water partition coefficient (Wildman–Crippen LogP) is 1.95. The van der Waals surface area contributed by atoms with Crippen molar-refractivity contribution in [3.05, 3.63) is 59.4 Å². The van der Waals surface area contributed by atoms with Crippen LogP contribution in [-0.4, -0.2) is 22.8 Å². The summed E-state index contributed by atoms with van der Waals surface area (Å²) in [5, 5.41) is 0. The van der Waals surface area contributed by atoms with Crippen LogP contribution >= 0.6 is 0 Å². The van der Waals surface area contributed by atoms with Gasteiger partial charge in [0.1, 0.15) is 5.69 Å². The number of nitrogens with two attached hydrogens (primary N) is 1. The third-order valence-electron chi connectivity index (χ3n) is 3.03. The summed E-state index contributed by atoms with van der Waals surface area (Å²) in [6.45, 7) is 2.58. The van der Waals surface area contributed by atoms with E-state index in [4.69, 9.17) is 5.84 Å². The second-order valence-corrected chi connectivity index (χ2v) is 4.72. The normalized spacial score (nSPS) is 10.2. The molecule has 3 N–H and O–H groups in total. The minimum absolute atomic E-state index is 0.136. The highest BCUT2D eigenvalue weighted by Gasteiger charge is 2.13. The number of hydrazine groups is 1. The number of rotatable bonds is 4. The number of nitrogens with zero attached hydrogens (tertiary/aromatic N) is 2. The van der Waals surface area contributed by atoms with E-state index in [0.29, 0.717) is 17.9 Å². The van der Waals surface area contributed by atoms with Crippen molar-refractivity contribution in [3.8, 4) is 0 Å². The lowest BCUT2D eigenvalue weighted by molar-refractivity contribution is 0.0779. The standard InChI is InChI=1S/C15H18N4O/c1-11-3-5-12(6-4-11)10-19(2)15(20)14-9-13(18-16)7-8-17-14/h3-9H,10,16H2,1-2H3,(H,17,18). The molecular formula is C15H18N4O. The van der Waals surface area contributed by atoms with Crippen LogP contribution in [0.2, 0.25) is 0 Å². The summed E-state index contributed by atoms with van der Waals surface area (Å²) < 4.78 is 0. The Morgan fingerprint density at radius 3 is 2.65 bits per heavy atom. The largest absolute Gasteiger partial charge is 0.336 e. The van der Waals surface area contributed by atoms with E-state index in [0.717, 1.165) is 5.56 Å². The van der Waals surface area contributed by atoms with E-state index in [-0.39, 0.29) is 5.91 Å². The molecule has 1 aromatic heterocycles. The third-order valence-corrected chi connectivity index (χ3v) is 3.03. The zero-order valence-electron chi connectivity index (χ0n) is 11.6. The number of hydrogen-bond acceptors (Lipinski definition) is 4. The fourth-order valence-corrected chi connectivity index (χ4v) is 1.87. The molecule has 5 nitrogen and oxygen atoms in total. The van der Waals surface area contributed by atoms with Gasteiger partial charge in [0.2, 0.25) is 0 Å². The van der Waals surface area contributed by atoms with Gasteiger partial charge >= 0.3 is 0 Å². The summed E-state index contributed by atoms with van der Waals surface area (Å²) >= 11 is 0. The quantitative estimate of drug-likeness (QED) is 0.658. The van der Waals surface area contributed by atoms with Crippen molar-refractivity contribution >= 4 is 11.6 Å². The molecule has 0 aliphatic carbocycles. The number of pyridine rings is 1. The van der Waals surface area contributed by atoms with Gasteiger partial charge in [-0.1, -0.05) is 29.8 Å². The number of amides is 1. The van der Waals surface area contributed by atoms with Crippen LogP contribution in [0.3, 0.4) is 0 Å². The van der Waals surface area contributed by atoms with Crippen molar-refractivity contribution in [1.82, 2.24) is 9.88 Å². The summed E-state index contributed by atoms with van der Waals surface area (Å²) in [6.07, 6.45) is 1.56. The van der Waals surface area contributed by atoms with Gasteiger partial charge in [0.15, 0.2) is 0 Å². The van der Waals surface area contributed by atoms with E-state index in [1.54, 1.807) is 30.3 Å². The average Bonchev–Trinajstić information content (AvgIpc) is 2.48. The molecule has 2 rings (SSSR count). The smallest absolute Gasteiger partial charge is 0.272 e. The predicted molar refractivity (Wildman–Crippen MR) is 79.0 cm³/mol. The Morgan fingerprint density at radius 2 is 2.00 bits per heavy atom. The van der Waals surface area contributed by atoms with Crippen LogP contribution in [0.5, 0.6) is 0 Å². The zero-order chi connectivity index (χ0) is 14.5. The number of carbonyl (C=O) groups excluding carboxylic acids is 1. The molecule has 0 radical (unpaired) electrons. The van der Waals surface area contributed by atoms with Crippen molar-refractivity contribution in [2.75, 3.05) is 12.5 Å². The monoisotopic (exact) mass is 270 g/mol. The van der Waals surface area contributed by atoms with Gasteiger partial charge in [-0.3, -0.25) is 15.6 Å². The number of anilines is 1. The Labute approximate surface area is 118 Å². The molecule has 0 aliphatic rings. The maximum atomic E-state index is 12.3. The lowest BCUT2D eigenvalue weighted by Crippen LogP contribution is -2.27. The highest BCUT2D eigenvalue weighted by Crippen LogP contribution is 2.11. The SMILES string of the molecule is Cc1ccc(CN(C)C(=O)c2cc(NN)ccn2)cc1. The first-order chi connectivity index (χ1) is 9.60. The van der Waals surface area contributed by atoms with E-state index in [1.807, 2.05) is 31.2 Å². The molecule has 1 aromatic carbocycles. The molecular weight excluding hydrogens is 252 g/mol. The second kappa shape index (κ2) is 6.16. The third kappa shape index (κ3) is 3.33. The zero-order valence-corrected chi connectivity index (χ0v) is 11.6. The van der Waals surface area contributed by atoms with Gasteiger partial charge in [0.05, 0.1) is 5.69 Å². The Kier molecular flexibility index (Phi) is 4.32. The van der Waals surface area contributed by atoms with Crippen molar-refractivity contribution in [3.63, 3.8) is 0 Å². The number of nitrogens with one attached hydrogen (secondary N) is 1. The minimum atomic E-state index is -0.136. The van der Waals surface area contributed by atoms with Gasteiger partial charge in [-0.2, -0.15) is 0 Å². The van der Waals surface area contributed by atoms with E-state index in [1.165, 1.54) is 5.56 Å². The fourth-order valence-electron chi connectivity index (χ4n) is 1.87. The van der Waals surface area contributed by atoms with Crippen molar-refractivity contribution in [1.29, 1.82) is 0 Å². The molecule has 0 spiro atoms. The number of hydrogen-bond donors (Lipinski definition) is 2. The van der Waals surface area contributed by atoms with Crippen LogP contribution in [0.4, 0.5) is 5.69 Å². The van der Waals surface area contributed by atoms with Crippen LogP contribution in [0.25, 0.3) is 0 Å². The van der Waals surface area contributed by atoms with E-state index < -0.39 is 0 Å². The summed E-state index contributed by atoms with van der Waals surface area (Å²) in [4.78, 5) is 18.0. The van der Waals surface area contributed by atoms with E-state index in [2.05, 4.69) is 10.4 Å². The van der Waals surface area contributed by atoms with Gasteiger partial charge in [-0.05, 0) is 24.6 Å². The molecule has 5 heteroatoms. The first-order valence-corrected chi connectivity index (χ1v) is 6.34. The summed E-state index contributed by atoms with van der Waals surface area (Å²) in [5.41, 5.74) is 5.82. The molecule has 20 heavy (non-hydrogen) atoms. The molecule has 0 bridgehead atoms. The molecule has 1 amide bonds. The molecule has 0 aliphatic heterocycles. The van der Waals surface area contributed by atoms with Crippen LogP contribution in [0, 0.1) is 6.92 Å². The molecule has 0 saturated carbocycles. The Hall–Kier alpha value is -2.40. The topological polar surface area (TPSA) is 71.2 Å². The van der Waals surface area contributed by atoms with Gasteiger partial charge in [-0.25, -0.2) is 0 Å². The van der Waals surface area contributed by atoms with Crippen molar-refractivity contribution in [2.45, 2.75) is 13.5 Å². The first kappa shape index (κ1) is 14.0. The molecule has 0 saturated heterocycles. The van der Waals surface area contributed by atoms with Gasteiger partial charge < -0.3 is 10.3 Å². The summed E-state index contributed by atoms with van der Waals surface area (Å²) in [6, 6.07) is 11.4.